The van der Waals surface area contributed by atoms with Gasteiger partial charge in [0.25, 0.3) is 0 Å². The molecule has 5 nitrogen and oxygen atoms in total. The van der Waals surface area contributed by atoms with E-state index in [2.05, 4.69) is 46.3 Å². The Morgan fingerprint density at radius 2 is 2.04 bits per heavy atom. The van der Waals surface area contributed by atoms with Crippen LogP contribution in [0.25, 0.3) is 0 Å². The second-order valence-corrected chi connectivity index (χ2v) is 7.41. The summed E-state index contributed by atoms with van der Waals surface area (Å²) in [6, 6.07) is 11.0. The van der Waals surface area contributed by atoms with Gasteiger partial charge in [-0.3, -0.25) is 14.6 Å². The van der Waals surface area contributed by atoms with E-state index in [9.17, 15) is 4.79 Å². The zero-order chi connectivity index (χ0) is 17.6. The molecule has 1 aromatic carbocycles. The van der Waals surface area contributed by atoms with E-state index in [1.807, 2.05) is 6.07 Å². The van der Waals surface area contributed by atoms with Crippen LogP contribution < -0.4 is 5.32 Å². The van der Waals surface area contributed by atoms with Crippen molar-refractivity contribution in [3.63, 3.8) is 0 Å². The van der Waals surface area contributed by atoms with E-state index >= 15 is 0 Å². The minimum absolute atomic E-state index is 0.151. The first-order valence-corrected chi connectivity index (χ1v) is 9.47. The van der Waals surface area contributed by atoms with Gasteiger partial charge >= 0.3 is 0 Å². The van der Waals surface area contributed by atoms with Crippen LogP contribution in [-0.2, 0) is 9.53 Å². The third-order valence-corrected chi connectivity index (χ3v) is 5.37. The van der Waals surface area contributed by atoms with Crippen LogP contribution >= 0.6 is 0 Å². The van der Waals surface area contributed by atoms with Crippen molar-refractivity contribution in [2.75, 3.05) is 46.4 Å². The molecule has 2 atom stereocenters. The highest BCUT2D eigenvalue weighted by Crippen LogP contribution is 2.40. The maximum atomic E-state index is 12.6. The van der Waals surface area contributed by atoms with Gasteiger partial charge in [-0.25, -0.2) is 0 Å². The number of methoxy groups -OCH3 is 1. The van der Waals surface area contributed by atoms with Crippen LogP contribution in [0.5, 0.6) is 0 Å². The zero-order valence-corrected chi connectivity index (χ0v) is 15.5. The molecule has 3 rings (SSSR count). The average molecular weight is 345 g/mol. The molecule has 1 saturated heterocycles. The molecule has 0 aromatic heterocycles. The maximum absolute atomic E-state index is 12.6. The Bertz CT molecular complexity index is 547. The van der Waals surface area contributed by atoms with E-state index in [4.69, 9.17) is 4.74 Å². The van der Waals surface area contributed by atoms with Crippen LogP contribution in [0.1, 0.15) is 31.4 Å². The fraction of sp³-hybridized carbons (Fsp3) is 0.650. The van der Waals surface area contributed by atoms with Gasteiger partial charge < -0.3 is 10.1 Å². The number of carbonyl (C=O) groups is 1. The summed E-state index contributed by atoms with van der Waals surface area (Å²) < 4.78 is 5.18. The summed E-state index contributed by atoms with van der Waals surface area (Å²) >= 11 is 0. The number of hydrogen-bond donors (Lipinski definition) is 1. The van der Waals surface area contributed by atoms with Gasteiger partial charge in [0.15, 0.2) is 0 Å². The van der Waals surface area contributed by atoms with Gasteiger partial charge in [-0.15, -0.1) is 0 Å². The predicted octanol–water partition coefficient (Wildman–Crippen LogP) is 1.91. The lowest BCUT2D eigenvalue weighted by Gasteiger charge is -2.39. The Morgan fingerprint density at radius 1 is 1.28 bits per heavy atom. The molecule has 1 N–H and O–H groups in total. The van der Waals surface area contributed by atoms with Crippen LogP contribution in [0.15, 0.2) is 30.3 Å². The van der Waals surface area contributed by atoms with Crippen molar-refractivity contribution >= 4 is 5.91 Å². The monoisotopic (exact) mass is 345 g/mol. The fourth-order valence-electron chi connectivity index (χ4n) is 3.74. The number of ether oxygens (including phenoxy) is 1. The van der Waals surface area contributed by atoms with E-state index in [0.717, 1.165) is 32.8 Å². The Balaban J connectivity index is 1.49. The molecule has 2 fully saturated rings. The van der Waals surface area contributed by atoms with Gasteiger partial charge in [-0.2, -0.15) is 0 Å². The predicted molar refractivity (Wildman–Crippen MR) is 99.4 cm³/mol. The lowest BCUT2D eigenvalue weighted by molar-refractivity contribution is -0.123. The number of nitrogens with zero attached hydrogens (tertiary/aromatic N) is 2. The van der Waals surface area contributed by atoms with Crippen molar-refractivity contribution in [2.45, 2.75) is 31.8 Å². The van der Waals surface area contributed by atoms with Crippen LogP contribution in [0.4, 0.5) is 0 Å². The lowest BCUT2D eigenvalue weighted by atomic mass is 10.0. The Kier molecular flexibility index (Phi) is 6.45. The van der Waals surface area contributed by atoms with Crippen molar-refractivity contribution in [1.82, 2.24) is 15.1 Å². The number of piperazine rings is 1. The summed E-state index contributed by atoms with van der Waals surface area (Å²) in [6.45, 7) is 7.36. The molecule has 0 bridgehead atoms. The molecule has 1 aliphatic carbocycles. The summed E-state index contributed by atoms with van der Waals surface area (Å²) in [5.41, 5.74) is 1.23. The highest BCUT2D eigenvalue weighted by atomic mass is 16.5. The summed E-state index contributed by atoms with van der Waals surface area (Å²) in [5.74, 6) is 0.759. The van der Waals surface area contributed by atoms with Gasteiger partial charge in [-0.05, 0) is 31.2 Å². The van der Waals surface area contributed by atoms with Crippen LogP contribution in [0.2, 0.25) is 0 Å². The van der Waals surface area contributed by atoms with E-state index < -0.39 is 0 Å². The first kappa shape index (κ1) is 18.4. The Morgan fingerprint density at radius 3 is 2.68 bits per heavy atom. The molecule has 1 amide bonds. The molecule has 1 aliphatic heterocycles. The standard InChI is InChI=1S/C20H31N3O2/c1-16-14-22(10-11-23(16)12-13-25-2)15-19(24)21-20(18-8-9-18)17-6-4-3-5-7-17/h3-7,16,18,20H,8-15H2,1-2H3,(H,21,24)/t16-,20-/m1/s1. The molecule has 1 heterocycles. The normalized spacial score (nSPS) is 23.4. The van der Waals surface area contributed by atoms with Crippen molar-refractivity contribution in [2.24, 2.45) is 5.92 Å². The first-order chi connectivity index (χ1) is 12.2. The van der Waals surface area contributed by atoms with Crippen LogP contribution in [0.3, 0.4) is 0 Å². The number of hydrogen-bond acceptors (Lipinski definition) is 4. The molecule has 1 saturated carbocycles. The summed E-state index contributed by atoms with van der Waals surface area (Å²) in [6.07, 6.45) is 2.43. The number of nitrogens with one attached hydrogen (secondary N) is 1. The number of benzene rings is 1. The molecular formula is C20H31N3O2. The molecule has 25 heavy (non-hydrogen) atoms. The third kappa shape index (κ3) is 5.27. The fourth-order valence-corrected chi connectivity index (χ4v) is 3.74. The van der Waals surface area contributed by atoms with Crippen LogP contribution in [-0.4, -0.2) is 68.2 Å². The number of rotatable bonds is 8. The lowest BCUT2D eigenvalue weighted by Crippen LogP contribution is -2.54. The third-order valence-electron chi connectivity index (χ3n) is 5.37. The van der Waals surface area contributed by atoms with Crippen LogP contribution in [0, 0.1) is 5.92 Å². The molecule has 0 spiro atoms. The second-order valence-electron chi connectivity index (χ2n) is 7.41. The summed E-state index contributed by atoms with van der Waals surface area (Å²) in [7, 11) is 1.74. The van der Waals surface area contributed by atoms with Gasteiger partial charge in [0.05, 0.1) is 19.2 Å². The van der Waals surface area contributed by atoms with Gasteiger partial charge in [0, 0.05) is 39.3 Å². The highest BCUT2D eigenvalue weighted by molar-refractivity contribution is 5.78. The maximum Gasteiger partial charge on any atom is 0.234 e. The number of amides is 1. The SMILES string of the molecule is COCCN1CCN(CC(=O)N[C@H](c2ccccc2)C2CC2)C[C@H]1C. The van der Waals surface area contributed by atoms with Crippen molar-refractivity contribution in [3.05, 3.63) is 35.9 Å². The van der Waals surface area contributed by atoms with Crippen molar-refractivity contribution in [3.8, 4) is 0 Å². The van der Waals surface area contributed by atoms with Crippen molar-refractivity contribution < 1.29 is 9.53 Å². The minimum atomic E-state index is 0.151. The molecule has 0 unspecified atom stereocenters. The van der Waals surface area contributed by atoms with E-state index in [1.54, 1.807) is 7.11 Å². The number of carbonyl (C=O) groups excluding carboxylic acids is 1. The van der Waals surface area contributed by atoms with E-state index in [1.165, 1.54) is 18.4 Å². The Labute approximate surface area is 151 Å². The molecular weight excluding hydrogens is 314 g/mol. The summed E-state index contributed by atoms with van der Waals surface area (Å²) in [5, 5.41) is 3.29. The Hall–Kier alpha value is -1.43. The highest BCUT2D eigenvalue weighted by Gasteiger charge is 2.34. The zero-order valence-electron chi connectivity index (χ0n) is 15.5. The van der Waals surface area contributed by atoms with E-state index in [0.29, 0.717) is 18.5 Å². The minimum Gasteiger partial charge on any atom is -0.383 e. The molecule has 1 aromatic rings. The van der Waals surface area contributed by atoms with Gasteiger partial charge in [0.1, 0.15) is 0 Å². The topological polar surface area (TPSA) is 44.8 Å². The average Bonchev–Trinajstić information content (AvgIpc) is 3.45. The molecule has 5 heteroatoms. The van der Waals surface area contributed by atoms with Gasteiger partial charge in [0.2, 0.25) is 5.91 Å². The molecule has 2 aliphatic rings. The van der Waals surface area contributed by atoms with Crippen molar-refractivity contribution in [1.29, 1.82) is 0 Å². The molecule has 138 valence electrons. The first-order valence-electron chi connectivity index (χ1n) is 9.47. The summed E-state index contributed by atoms with van der Waals surface area (Å²) in [4.78, 5) is 17.3. The smallest absolute Gasteiger partial charge is 0.234 e. The van der Waals surface area contributed by atoms with E-state index in [-0.39, 0.29) is 11.9 Å². The second kappa shape index (κ2) is 8.79. The largest absolute Gasteiger partial charge is 0.383 e. The van der Waals surface area contributed by atoms with Gasteiger partial charge in [-0.1, -0.05) is 30.3 Å². The quantitative estimate of drug-likeness (QED) is 0.782. The molecule has 0 radical (unpaired) electrons.